The number of hydrogen-bond donors (Lipinski definition) is 2. The van der Waals surface area contributed by atoms with Crippen molar-refractivity contribution in [3.8, 4) is 11.8 Å². The molecule has 0 aromatic carbocycles. The van der Waals surface area contributed by atoms with Gasteiger partial charge in [-0.3, -0.25) is 5.32 Å². The van der Waals surface area contributed by atoms with Crippen molar-refractivity contribution in [2.75, 3.05) is 6.54 Å². The molecule has 0 fully saturated rings. The normalized spacial score (nSPS) is 12.2. The molecule has 0 amide bonds. The van der Waals surface area contributed by atoms with Crippen molar-refractivity contribution in [1.29, 1.82) is 0 Å². The maximum absolute atomic E-state index is 9.73. The Labute approximate surface area is 75.4 Å². The number of nitrogens with one attached hydrogen (secondary N) is 1. The predicted octanol–water partition coefficient (Wildman–Crippen LogP) is 1.15. The summed E-state index contributed by atoms with van der Waals surface area (Å²) in [6, 6.07) is 0. The number of hydrogen-bond acceptors (Lipinski definition) is 2. The van der Waals surface area contributed by atoms with Crippen molar-refractivity contribution in [2.24, 2.45) is 0 Å². The van der Waals surface area contributed by atoms with Gasteiger partial charge in [0.15, 0.2) is 0 Å². The number of aliphatic hydroxyl groups is 1. The lowest BCUT2D eigenvalue weighted by atomic mass is 9.86. The van der Waals surface area contributed by atoms with E-state index in [1.54, 1.807) is 20.8 Å². The van der Waals surface area contributed by atoms with Crippen LogP contribution in [0.15, 0.2) is 0 Å². The minimum absolute atomic E-state index is 0.309. The van der Waals surface area contributed by atoms with E-state index in [1.807, 2.05) is 13.8 Å². The average Bonchev–Trinajstić information content (AvgIpc) is 1.85. The fraction of sp³-hybridized carbons (Fsp3) is 0.800. The molecule has 0 aliphatic heterocycles. The van der Waals surface area contributed by atoms with Crippen molar-refractivity contribution in [2.45, 2.75) is 45.8 Å². The highest BCUT2D eigenvalue weighted by Gasteiger charge is 2.33. The average molecular weight is 169 g/mol. The zero-order chi connectivity index (χ0) is 9.83. The molecule has 0 radical (unpaired) electrons. The first-order valence-corrected chi connectivity index (χ1v) is 4.18. The third-order valence-corrected chi connectivity index (χ3v) is 2.33. The molecule has 0 atom stereocenters. The van der Waals surface area contributed by atoms with E-state index in [0.29, 0.717) is 6.54 Å². The molecule has 0 heterocycles. The van der Waals surface area contributed by atoms with Crippen molar-refractivity contribution in [3.63, 3.8) is 0 Å². The highest BCUT2D eigenvalue weighted by molar-refractivity contribution is 5.02. The first kappa shape index (κ1) is 11.5. The molecule has 0 saturated carbocycles. The fourth-order valence-electron chi connectivity index (χ4n) is 0.570. The lowest BCUT2D eigenvalue weighted by Crippen LogP contribution is -2.55. The van der Waals surface area contributed by atoms with Gasteiger partial charge < -0.3 is 5.11 Å². The van der Waals surface area contributed by atoms with Crippen LogP contribution >= 0.6 is 0 Å². The summed E-state index contributed by atoms with van der Waals surface area (Å²) in [4.78, 5) is 0. The van der Waals surface area contributed by atoms with Crippen LogP contribution in [-0.4, -0.2) is 22.8 Å². The summed E-state index contributed by atoms with van der Waals surface area (Å²) in [7, 11) is 0. The Balaban J connectivity index is 4.11. The van der Waals surface area contributed by atoms with E-state index in [2.05, 4.69) is 17.2 Å². The zero-order valence-corrected chi connectivity index (χ0v) is 8.65. The van der Waals surface area contributed by atoms with Gasteiger partial charge in [-0.2, -0.15) is 0 Å². The van der Waals surface area contributed by atoms with E-state index in [0.717, 1.165) is 0 Å². The monoisotopic (exact) mass is 169 g/mol. The van der Waals surface area contributed by atoms with Gasteiger partial charge in [-0.05, 0) is 34.6 Å². The molecular weight excluding hydrogens is 150 g/mol. The molecule has 0 aromatic heterocycles. The van der Waals surface area contributed by atoms with Crippen LogP contribution < -0.4 is 5.32 Å². The van der Waals surface area contributed by atoms with Crippen molar-refractivity contribution in [1.82, 2.24) is 5.32 Å². The Kier molecular flexibility index (Phi) is 3.76. The Bertz CT molecular complexity index is 190. The summed E-state index contributed by atoms with van der Waals surface area (Å²) in [6.45, 7) is 9.93. The third-order valence-electron chi connectivity index (χ3n) is 2.33. The van der Waals surface area contributed by atoms with E-state index < -0.39 is 5.60 Å². The van der Waals surface area contributed by atoms with Gasteiger partial charge in [-0.15, -0.1) is 5.92 Å². The maximum Gasteiger partial charge on any atom is 0.0767 e. The standard InChI is InChI=1S/C10H19NO/c1-6-7-8-11-9(2,3)10(4,5)12/h11-12H,8H2,1-5H3. The lowest BCUT2D eigenvalue weighted by molar-refractivity contribution is -0.00247. The van der Waals surface area contributed by atoms with Gasteiger partial charge in [-0.1, -0.05) is 5.92 Å². The van der Waals surface area contributed by atoms with Crippen LogP contribution in [0.4, 0.5) is 0 Å². The minimum Gasteiger partial charge on any atom is -0.389 e. The summed E-state index contributed by atoms with van der Waals surface area (Å²) in [6.07, 6.45) is 0. The molecule has 2 heteroatoms. The Morgan fingerprint density at radius 1 is 1.25 bits per heavy atom. The molecule has 0 aliphatic carbocycles. The van der Waals surface area contributed by atoms with Gasteiger partial charge in [0.2, 0.25) is 0 Å². The van der Waals surface area contributed by atoms with E-state index in [1.165, 1.54) is 0 Å². The highest BCUT2D eigenvalue weighted by atomic mass is 16.3. The third kappa shape index (κ3) is 3.25. The second-order valence-electron chi connectivity index (χ2n) is 3.96. The molecule has 0 bridgehead atoms. The highest BCUT2D eigenvalue weighted by Crippen LogP contribution is 2.19. The van der Waals surface area contributed by atoms with E-state index in [9.17, 15) is 5.11 Å². The second-order valence-corrected chi connectivity index (χ2v) is 3.96. The molecular formula is C10H19NO. The van der Waals surface area contributed by atoms with Crippen molar-refractivity contribution in [3.05, 3.63) is 0 Å². The van der Waals surface area contributed by atoms with Crippen LogP contribution in [0, 0.1) is 11.8 Å². The maximum atomic E-state index is 9.73. The summed E-state index contributed by atoms with van der Waals surface area (Å²) in [5.74, 6) is 5.70. The summed E-state index contributed by atoms with van der Waals surface area (Å²) in [5.41, 5.74) is -1.04. The molecule has 0 saturated heterocycles. The zero-order valence-electron chi connectivity index (χ0n) is 8.65. The molecule has 12 heavy (non-hydrogen) atoms. The van der Waals surface area contributed by atoms with Crippen LogP contribution in [0.5, 0.6) is 0 Å². The molecule has 0 rings (SSSR count). The SMILES string of the molecule is CC#CCNC(C)(C)C(C)(C)O. The van der Waals surface area contributed by atoms with Gasteiger partial charge >= 0.3 is 0 Å². The molecule has 0 aromatic rings. The van der Waals surface area contributed by atoms with Gasteiger partial charge in [0.25, 0.3) is 0 Å². The fourth-order valence-corrected chi connectivity index (χ4v) is 0.570. The van der Waals surface area contributed by atoms with Crippen LogP contribution in [0.25, 0.3) is 0 Å². The molecule has 70 valence electrons. The van der Waals surface area contributed by atoms with E-state index >= 15 is 0 Å². The van der Waals surface area contributed by atoms with E-state index in [-0.39, 0.29) is 5.54 Å². The first-order valence-electron chi connectivity index (χ1n) is 4.18. The van der Waals surface area contributed by atoms with Crippen LogP contribution in [0.2, 0.25) is 0 Å². The van der Waals surface area contributed by atoms with Gasteiger partial charge in [0, 0.05) is 5.54 Å². The molecule has 0 spiro atoms. The summed E-state index contributed by atoms with van der Waals surface area (Å²) in [5, 5.41) is 12.9. The van der Waals surface area contributed by atoms with Crippen molar-refractivity contribution >= 4 is 0 Å². The van der Waals surface area contributed by atoms with E-state index in [4.69, 9.17) is 0 Å². The Hall–Kier alpha value is -0.520. The second kappa shape index (κ2) is 3.93. The topological polar surface area (TPSA) is 32.3 Å². The quantitative estimate of drug-likeness (QED) is 0.621. The van der Waals surface area contributed by atoms with Gasteiger partial charge in [-0.25, -0.2) is 0 Å². The summed E-state index contributed by atoms with van der Waals surface area (Å²) < 4.78 is 0. The number of rotatable bonds is 3. The smallest absolute Gasteiger partial charge is 0.0767 e. The summed E-state index contributed by atoms with van der Waals surface area (Å²) >= 11 is 0. The van der Waals surface area contributed by atoms with Crippen LogP contribution in [0.1, 0.15) is 34.6 Å². The Morgan fingerprint density at radius 3 is 2.08 bits per heavy atom. The molecule has 2 N–H and O–H groups in total. The van der Waals surface area contributed by atoms with Gasteiger partial charge in [0.05, 0.1) is 12.1 Å². The minimum atomic E-state index is -0.734. The van der Waals surface area contributed by atoms with Crippen molar-refractivity contribution < 1.29 is 5.11 Å². The largest absolute Gasteiger partial charge is 0.389 e. The Morgan fingerprint density at radius 2 is 1.75 bits per heavy atom. The molecule has 2 nitrogen and oxygen atoms in total. The van der Waals surface area contributed by atoms with Gasteiger partial charge in [0.1, 0.15) is 0 Å². The predicted molar refractivity (Wildman–Crippen MR) is 51.8 cm³/mol. The molecule has 0 unspecified atom stereocenters. The first-order chi connectivity index (χ1) is 5.31. The molecule has 0 aliphatic rings. The van der Waals surface area contributed by atoms with Crippen LogP contribution in [-0.2, 0) is 0 Å². The van der Waals surface area contributed by atoms with Crippen LogP contribution in [0.3, 0.4) is 0 Å². The lowest BCUT2D eigenvalue weighted by Gasteiger charge is -2.37.